The maximum atomic E-state index is 13.9. The molecule has 2 rings (SSSR count). The summed E-state index contributed by atoms with van der Waals surface area (Å²) in [4.78, 5) is 13.8. The average Bonchev–Trinajstić information content (AvgIpc) is 2.88. The standard InChI is InChI=1S/C16H23F2N3O/c1-21(2)14(15-12(17)4-3-5-13(15)18)9-20-16(22)10-6-7-11(19)8-10/h3-5,10-11,14H,6-9,19H2,1-2H3,(H,20,22). The van der Waals surface area contributed by atoms with Crippen molar-refractivity contribution < 1.29 is 13.6 Å². The van der Waals surface area contributed by atoms with Gasteiger partial charge >= 0.3 is 0 Å². The predicted molar refractivity (Wildman–Crippen MR) is 81.1 cm³/mol. The normalized spacial score (nSPS) is 22.8. The summed E-state index contributed by atoms with van der Waals surface area (Å²) in [6.07, 6.45) is 2.29. The summed E-state index contributed by atoms with van der Waals surface area (Å²) >= 11 is 0. The molecule has 3 atom stereocenters. The summed E-state index contributed by atoms with van der Waals surface area (Å²) < 4.78 is 27.9. The smallest absolute Gasteiger partial charge is 0.223 e. The van der Waals surface area contributed by atoms with E-state index in [-0.39, 0.29) is 30.0 Å². The molecule has 0 spiro atoms. The van der Waals surface area contributed by atoms with Gasteiger partial charge in [-0.25, -0.2) is 8.78 Å². The molecule has 0 heterocycles. The Morgan fingerprint density at radius 2 is 2.00 bits per heavy atom. The lowest BCUT2D eigenvalue weighted by atomic mass is 10.0. The van der Waals surface area contributed by atoms with Crippen molar-refractivity contribution >= 4 is 5.91 Å². The van der Waals surface area contributed by atoms with Crippen molar-refractivity contribution in [3.63, 3.8) is 0 Å². The van der Waals surface area contributed by atoms with E-state index in [2.05, 4.69) is 5.32 Å². The van der Waals surface area contributed by atoms with E-state index in [9.17, 15) is 13.6 Å². The summed E-state index contributed by atoms with van der Waals surface area (Å²) in [5.41, 5.74) is 5.79. The summed E-state index contributed by atoms with van der Waals surface area (Å²) in [6.45, 7) is 0.162. The van der Waals surface area contributed by atoms with E-state index in [1.54, 1.807) is 19.0 Å². The van der Waals surface area contributed by atoms with Gasteiger partial charge in [0.05, 0.1) is 6.04 Å². The fourth-order valence-corrected chi connectivity index (χ4v) is 2.97. The van der Waals surface area contributed by atoms with E-state index in [1.165, 1.54) is 18.2 Å². The molecule has 3 N–H and O–H groups in total. The average molecular weight is 311 g/mol. The van der Waals surface area contributed by atoms with Crippen LogP contribution in [0, 0.1) is 17.6 Å². The Labute approximate surface area is 129 Å². The van der Waals surface area contributed by atoms with E-state index < -0.39 is 17.7 Å². The predicted octanol–water partition coefficient (Wildman–Crippen LogP) is 1.81. The van der Waals surface area contributed by atoms with Crippen LogP contribution in [-0.4, -0.2) is 37.5 Å². The quantitative estimate of drug-likeness (QED) is 0.872. The van der Waals surface area contributed by atoms with E-state index in [1.807, 2.05) is 0 Å². The number of carbonyl (C=O) groups is 1. The third kappa shape index (κ3) is 3.81. The van der Waals surface area contributed by atoms with Gasteiger partial charge in [0.1, 0.15) is 11.6 Å². The van der Waals surface area contributed by atoms with Crippen molar-refractivity contribution in [2.45, 2.75) is 31.3 Å². The van der Waals surface area contributed by atoms with Gasteiger partial charge in [-0.05, 0) is 45.5 Å². The number of carbonyl (C=O) groups excluding carboxylic acids is 1. The Hall–Kier alpha value is -1.53. The Kier molecular flexibility index (Phi) is 5.47. The van der Waals surface area contributed by atoms with Crippen LogP contribution in [0.15, 0.2) is 18.2 Å². The molecule has 122 valence electrons. The first-order valence-corrected chi connectivity index (χ1v) is 7.53. The molecule has 3 unspecified atom stereocenters. The highest BCUT2D eigenvalue weighted by Gasteiger charge is 2.29. The number of likely N-dealkylation sites (N-methyl/N-ethyl adjacent to an activating group) is 1. The van der Waals surface area contributed by atoms with Gasteiger partial charge in [0, 0.05) is 24.1 Å². The van der Waals surface area contributed by atoms with Crippen LogP contribution in [-0.2, 0) is 4.79 Å². The Balaban J connectivity index is 2.05. The summed E-state index contributed by atoms with van der Waals surface area (Å²) in [7, 11) is 3.46. The number of nitrogens with one attached hydrogen (secondary N) is 1. The first-order valence-electron chi connectivity index (χ1n) is 7.53. The number of halogens is 2. The van der Waals surface area contributed by atoms with Crippen molar-refractivity contribution in [3.05, 3.63) is 35.4 Å². The minimum atomic E-state index is -0.601. The molecule has 0 radical (unpaired) electrons. The maximum absolute atomic E-state index is 13.9. The lowest BCUT2D eigenvalue weighted by molar-refractivity contribution is -0.125. The fraction of sp³-hybridized carbons (Fsp3) is 0.562. The fourth-order valence-electron chi connectivity index (χ4n) is 2.97. The monoisotopic (exact) mass is 311 g/mol. The van der Waals surface area contributed by atoms with Gasteiger partial charge < -0.3 is 16.0 Å². The van der Waals surface area contributed by atoms with Crippen molar-refractivity contribution in [2.75, 3.05) is 20.6 Å². The molecular weight excluding hydrogens is 288 g/mol. The van der Waals surface area contributed by atoms with Gasteiger partial charge in [-0.2, -0.15) is 0 Å². The molecule has 22 heavy (non-hydrogen) atoms. The summed E-state index contributed by atoms with van der Waals surface area (Å²) in [5, 5.41) is 2.81. The molecule has 0 saturated heterocycles. The molecule has 0 bridgehead atoms. The molecule has 1 fully saturated rings. The van der Waals surface area contributed by atoms with Crippen LogP contribution >= 0.6 is 0 Å². The molecule has 1 saturated carbocycles. The Morgan fingerprint density at radius 3 is 2.50 bits per heavy atom. The minimum absolute atomic E-state index is 0.0177. The molecule has 0 aromatic heterocycles. The molecular formula is C16H23F2N3O. The van der Waals surface area contributed by atoms with Crippen molar-refractivity contribution in [1.29, 1.82) is 0 Å². The highest BCUT2D eigenvalue weighted by atomic mass is 19.1. The highest BCUT2D eigenvalue weighted by Crippen LogP contribution is 2.26. The van der Waals surface area contributed by atoms with Crippen LogP contribution in [0.1, 0.15) is 30.9 Å². The van der Waals surface area contributed by atoms with Crippen molar-refractivity contribution in [1.82, 2.24) is 10.2 Å². The molecule has 1 amide bonds. The number of rotatable bonds is 5. The Bertz CT molecular complexity index is 516. The SMILES string of the molecule is CN(C)C(CNC(=O)C1CCC(N)C1)c1c(F)cccc1F. The van der Waals surface area contributed by atoms with Crippen LogP contribution < -0.4 is 11.1 Å². The molecule has 1 aliphatic rings. The summed E-state index contributed by atoms with van der Waals surface area (Å²) in [6, 6.07) is 3.31. The van der Waals surface area contributed by atoms with Crippen LogP contribution in [0.4, 0.5) is 8.78 Å². The highest BCUT2D eigenvalue weighted by molar-refractivity contribution is 5.79. The third-order valence-electron chi connectivity index (χ3n) is 4.27. The molecule has 6 heteroatoms. The number of nitrogens with zero attached hydrogens (tertiary/aromatic N) is 1. The van der Waals surface area contributed by atoms with Gasteiger partial charge in [0.15, 0.2) is 0 Å². The molecule has 1 aliphatic carbocycles. The first kappa shape index (κ1) is 16.8. The molecule has 4 nitrogen and oxygen atoms in total. The van der Waals surface area contributed by atoms with Gasteiger partial charge in [-0.3, -0.25) is 4.79 Å². The topological polar surface area (TPSA) is 58.4 Å². The van der Waals surface area contributed by atoms with Crippen LogP contribution in [0.2, 0.25) is 0 Å². The van der Waals surface area contributed by atoms with Crippen LogP contribution in [0.3, 0.4) is 0 Å². The van der Waals surface area contributed by atoms with E-state index >= 15 is 0 Å². The molecule has 0 aliphatic heterocycles. The zero-order valence-corrected chi connectivity index (χ0v) is 13.0. The minimum Gasteiger partial charge on any atom is -0.354 e. The van der Waals surface area contributed by atoms with E-state index in [0.717, 1.165) is 12.8 Å². The zero-order chi connectivity index (χ0) is 16.3. The second-order valence-corrected chi connectivity index (χ2v) is 6.13. The third-order valence-corrected chi connectivity index (χ3v) is 4.27. The number of benzene rings is 1. The number of hydrogen-bond donors (Lipinski definition) is 2. The first-order chi connectivity index (χ1) is 10.4. The second kappa shape index (κ2) is 7.15. The lowest BCUT2D eigenvalue weighted by Crippen LogP contribution is -2.38. The van der Waals surface area contributed by atoms with E-state index in [4.69, 9.17) is 5.73 Å². The van der Waals surface area contributed by atoms with Gasteiger partial charge in [-0.1, -0.05) is 6.07 Å². The molecule has 1 aromatic rings. The van der Waals surface area contributed by atoms with Gasteiger partial charge in [0.25, 0.3) is 0 Å². The zero-order valence-electron chi connectivity index (χ0n) is 13.0. The van der Waals surface area contributed by atoms with Crippen molar-refractivity contribution in [3.8, 4) is 0 Å². The Morgan fingerprint density at radius 1 is 1.36 bits per heavy atom. The number of nitrogens with two attached hydrogens (primary N) is 1. The van der Waals surface area contributed by atoms with Crippen molar-refractivity contribution in [2.24, 2.45) is 11.7 Å². The van der Waals surface area contributed by atoms with E-state index in [0.29, 0.717) is 6.42 Å². The lowest BCUT2D eigenvalue weighted by Gasteiger charge is -2.26. The summed E-state index contributed by atoms with van der Waals surface area (Å²) in [5.74, 6) is -1.38. The van der Waals surface area contributed by atoms with Gasteiger partial charge in [-0.15, -0.1) is 0 Å². The maximum Gasteiger partial charge on any atom is 0.223 e. The largest absolute Gasteiger partial charge is 0.354 e. The van der Waals surface area contributed by atoms with Crippen LogP contribution in [0.5, 0.6) is 0 Å². The van der Waals surface area contributed by atoms with Crippen LogP contribution in [0.25, 0.3) is 0 Å². The van der Waals surface area contributed by atoms with Gasteiger partial charge in [0.2, 0.25) is 5.91 Å². The number of amides is 1. The second-order valence-electron chi connectivity index (χ2n) is 6.13. The molecule has 1 aromatic carbocycles. The number of hydrogen-bond acceptors (Lipinski definition) is 3.